The van der Waals surface area contributed by atoms with Crippen molar-refractivity contribution >= 4 is 41.9 Å². The molecule has 1 aromatic carbocycles. The molecule has 2 nitrogen and oxygen atoms in total. The number of rotatable bonds is 0. The van der Waals surface area contributed by atoms with Crippen LogP contribution in [0.25, 0.3) is 11.0 Å². The summed E-state index contributed by atoms with van der Waals surface area (Å²) in [5, 5.41) is 0. The molecule has 1 aromatic heterocycles. The van der Waals surface area contributed by atoms with Crippen molar-refractivity contribution < 1.29 is 4.39 Å². The Kier molecular flexibility index (Phi) is 1.79. The zero-order valence-corrected chi connectivity index (χ0v) is 8.51. The van der Waals surface area contributed by atoms with Gasteiger partial charge in [0.05, 0.1) is 0 Å². The van der Waals surface area contributed by atoms with Crippen LogP contribution in [0.1, 0.15) is 0 Å². The molecule has 0 atom stereocenters. The summed E-state index contributed by atoms with van der Waals surface area (Å²) in [5.74, 6) is -0.271. The molecule has 2 rings (SSSR count). The zero-order valence-electron chi connectivity index (χ0n) is 5.21. The molecule has 1 heterocycles. The van der Waals surface area contributed by atoms with E-state index in [0.717, 1.165) is 5.52 Å². The van der Waals surface area contributed by atoms with E-state index < -0.39 is 0 Å². The Balaban J connectivity index is 2.91. The third kappa shape index (κ3) is 1.24. The van der Waals surface area contributed by atoms with Gasteiger partial charge in [0.25, 0.3) is 0 Å². The Bertz CT molecular complexity index is 400. The van der Waals surface area contributed by atoms with Crippen LogP contribution in [-0.2, 0) is 0 Å². The summed E-state index contributed by atoms with van der Waals surface area (Å²) < 4.78 is 21.6. The van der Waals surface area contributed by atoms with Crippen LogP contribution in [0.3, 0.4) is 0 Å². The molecule has 0 saturated carbocycles. The van der Waals surface area contributed by atoms with Crippen molar-refractivity contribution in [1.82, 2.24) is 7.96 Å². The number of aromatic nitrogens is 2. The second-order valence-electron chi connectivity index (χ2n) is 2.02. The SMILES string of the molecule is Fc1cc(Br)c2n[se]nc2c1. The molecule has 56 valence electrons. The average Bonchev–Trinajstić information content (AvgIpc) is 2.34. The standard InChI is InChI=1S/C6H2BrFN2Se/c7-4-1-3(8)2-5-6(4)10-11-9-5/h1-2H. The van der Waals surface area contributed by atoms with Gasteiger partial charge in [0, 0.05) is 0 Å². The summed E-state index contributed by atoms with van der Waals surface area (Å²) in [6.45, 7) is 0. The van der Waals surface area contributed by atoms with Gasteiger partial charge in [-0.25, -0.2) is 0 Å². The van der Waals surface area contributed by atoms with Gasteiger partial charge in [0.2, 0.25) is 0 Å². The molecular weight excluding hydrogens is 278 g/mol. The van der Waals surface area contributed by atoms with Gasteiger partial charge in [-0.2, -0.15) is 0 Å². The van der Waals surface area contributed by atoms with E-state index in [0.29, 0.717) is 9.99 Å². The van der Waals surface area contributed by atoms with Crippen LogP contribution < -0.4 is 0 Å². The van der Waals surface area contributed by atoms with Crippen molar-refractivity contribution in [1.29, 1.82) is 0 Å². The molecule has 0 fully saturated rings. The maximum atomic E-state index is 12.7. The van der Waals surface area contributed by atoms with Gasteiger partial charge in [0.15, 0.2) is 0 Å². The van der Waals surface area contributed by atoms with Crippen LogP contribution in [0.2, 0.25) is 0 Å². The fraction of sp³-hybridized carbons (Fsp3) is 0. The van der Waals surface area contributed by atoms with Crippen molar-refractivity contribution in [3.63, 3.8) is 0 Å². The van der Waals surface area contributed by atoms with Gasteiger partial charge in [-0.1, -0.05) is 0 Å². The number of halogens is 2. The molecule has 0 amide bonds. The number of benzene rings is 1. The first-order valence-corrected chi connectivity index (χ1v) is 5.17. The van der Waals surface area contributed by atoms with Crippen LogP contribution in [0.5, 0.6) is 0 Å². The number of nitrogens with zero attached hydrogens (tertiary/aromatic N) is 2. The molecule has 0 bridgehead atoms. The first-order chi connectivity index (χ1) is 5.27. The van der Waals surface area contributed by atoms with E-state index in [1.165, 1.54) is 12.1 Å². The summed E-state index contributed by atoms with van der Waals surface area (Å²) in [6, 6.07) is 2.80. The van der Waals surface area contributed by atoms with Gasteiger partial charge in [-0.3, -0.25) is 0 Å². The average molecular weight is 280 g/mol. The van der Waals surface area contributed by atoms with E-state index in [-0.39, 0.29) is 20.8 Å². The topological polar surface area (TPSA) is 25.8 Å². The van der Waals surface area contributed by atoms with Gasteiger partial charge in [-0.05, 0) is 0 Å². The third-order valence-corrected chi connectivity index (χ3v) is 3.02. The number of hydrogen-bond acceptors (Lipinski definition) is 2. The summed E-state index contributed by atoms with van der Waals surface area (Å²) in [6.07, 6.45) is 0. The number of fused-ring (bicyclic) bond motifs is 1. The van der Waals surface area contributed by atoms with Crippen LogP contribution in [-0.4, -0.2) is 22.9 Å². The molecule has 5 heteroatoms. The molecule has 0 aliphatic carbocycles. The Hall–Kier alpha value is -0.251. The summed E-state index contributed by atoms with van der Waals surface area (Å²) >= 11 is 3.13. The van der Waals surface area contributed by atoms with Gasteiger partial charge in [0.1, 0.15) is 0 Å². The van der Waals surface area contributed by atoms with Crippen molar-refractivity contribution in [2.24, 2.45) is 0 Å². The first kappa shape index (κ1) is 7.40. The Morgan fingerprint density at radius 3 is 3.00 bits per heavy atom. The van der Waals surface area contributed by atoms with Gasteiger partial charge in [-0.15, -0.1) is 0 Å². The van der Waals surface area contributed by atoms with Gasteiger partial charge >= 0.3 is 76.7 Å². The Morgan fingerprint density at radius 1 is 1.36 bits per heavy atom. The normalized spacial score (nSPS) is 10.7. The molecule has 0 N–H and O–H groups in total. The molecule has 0 aliphatic heterocycles. The Morgan fingerprint density at radius 2 is 2.18 bits per heavy atom. The predicted molar refractivity (Wildman–Crippen MR) is 44.1 cm³/mol. The summed E-state index contributed by atoms with van der Waals surface area (Å²) in [4.78, 5) is 0. The number of hydrogen-bond donors (Lipinski definition) is 0. The van der Waals surface area contributed by atoms with E-state index in [4.69, 9.17) is 0 Å². The van der Waals surface area contributed by atoms with E-state index in [1.54, 1.807) is 0 Å². The van der Waals surface area contributed by atoms with E-state index >= 15 is 0 Å². The van der Waals surface area contributed by atoms with Crippen molar-refractivity contribution in [2.45, 2.75) is 0 Å². The minimum absolute atomic E-state index is 0.0847. The quantitative estimate of drug-likeness (QED) is 0.685. The molecule has 0 unspecified atom stereocenters. The fourth-order valence-electron chi connectivity index (χ4n) is 0.818. The van der Waals surface area contributed by atoms with Crippen LogP contribution in [0.15, 0.2) is 16.6 Å². The second-order valence-corrected chi connectivity index (χ2v) is 3.98. The van der Waals surface area contributed by atoms with Crippen molar-refractivity contribution in [3.8, 4) is 0 Å². The summed E-state index contributed by atoms with van der Waals surface area (Å²) in [7, 11) is 0. The van der Waals surface area contributed by atoms with E-state index in [2.05, 4.69) is 23.9 Å². The zero-order chi connectivity index (χ0) is 7.84. The predicted octanol–water partition coefficient (Wildman–Crippen LogP) is 1.59. The molecular formula is C6H2BrFN2Se. The van der Waals surface area contributed by atoms with Crippen LogP contribution in [0.4, 0.5) is 4.39 Å². The van der Waals surface area contributed by atoms with E-state index in [9.17, 15) is 4.39 Å². The molecule has 11 heavy (non-hydrogen) atoms. The third-order valence-electron chi connectivity index (χ3n) is 1.28. The van der Waals surface area contributed by atoms with Crippen molar-refractivity contribution in [3.05, 3.63) is 22.4 Å². The molecule has 2 aromatic rings. The Labute approximate surface area is 76.8 Å². The molecule has 0 aliphatic rings. The van der Waals surface area contributed by atoms with Crippen LogP contribution >= 0.6 is 15.9 Å². The van der Waals surface area contributed by atoms with Crippen LogP contribution in [0, 0.1) is 5.82 Å². The fourth-order valence-corrected chi connectivity index (χ4v) is 2.73. The van der Waals surface area contributed by atoms with Gasteiger partial charge < -0.3 is 0 Å². The summed E-state index contributed by atoms with van der Waals surface area (Å²) in [5.41, 5.74) is 1.45. The monoisotopic (exact) mass is 280 g/mol. The molecule has 0 radical (unpaired) electrons. The minimum atomic E-state index is -0.271. The van der Waals surface area contributed by atoms with E-state index in [1.807, 2.05) is 0 Å². The molecule has 0 saturated heterocycles. The first-order valence-electron chi connectivity index (χ1n) is 2.85. The second kappa shape index (κ2) is 2.66. The molecule has 0 spiro atoms. The maximum absolute atomic E-state index is 12.7. The van der Waals surface area contributed by atoms with Crippen molar-refractivity contribution in [2.75, 3.05) is 0 Å².